The van der Waals surface area contributed by atoms with Gasteiger partial charge in [0.1, 0.15) is 0 Å². The van der Waals surface area contributed by atoms with Crippen molar-refractivity contribution in [1.29, 1.82) is 0 Å². The quantitative estimate of drug-likeness (QED) is 0.118. The van der Waals surface area contributed by atoms with E-state index >= 15 is 0 Å². The molecule has 1 aromatic carbocycles. The van der Waals surface area contributed by atoms with Gasteiger partial charge in [-0.2, -0.15) is 0 Å². The van der Waals surface area contributed by atoms with Gasteiger partial charge in [-0.1, -0.05) is 12.1 Å². The number of aliphatic carboxylic acids is 5. The molecule has 1 aromatic rings. The van der Waals surface area contributed by atoms with Crippen LogP contribution in [0.4, 0.5) is 5.69 Å². The summed E-state index contributed by atoms with van der Waals surface area (Å²) in [4.78, 5) is 60.7. The molecule has 36 heavy (non-hydrogen) atoms. The molecule has 0 aliphatic heterocycles. The number of hydrogen-bond donors (Lipinski definition) is 8. The number of nitrogens with zero attached hydrogens (tertiary/aromatic N) is 1. The normalized spacial score (nSPS) is 14.1. The number of nitrogen functional groups attached to an aromatic ring is 1. The Hall–Kier alpha value is -3.75. The number of carboxylic acids is 5. The third kappa shape index (κ3) is 8.48. The van der Waals surface area contributed by atoms with Gasteiger partial charge in [-0.15, -0.1) is 0 Å². The highest BCUT2D eigenvalue weighted by atomic mass is 16.4. The monoisotopic (exact) mass is 512 g/mol. The molecule has 2 atom stereocenters. The number of anilines is 1. The van der Waals surface area contributed by atoms with E-state index in [0.717, 1.165) is 4.90 Å². The van der Waals surface area contributed by atoms with Crippen molar-refractivity contribution in [3.05, 3.63) is 29.8 Å². The van der Waals surface area contributed by atoms with Crippen molar-refractivity contribution in [2.45, 2.75) is 49.7 Å². The molecule has 0 amide bonds. The largest absolute Gasteiger partial charge is 0.481 e. The fourth-order valence-corrected chi connectivity index (χ4v) is 4.39. The van der Waals surface area contributed by atoms with Crippen LogP contribution in [0.3, 0.4) is 0 Å². The van der Waals surface area contributed by atoms with E-state index in [1.54, 1.807) is 0 Å². The first kappa shape index (κ1) is 30.3. The van der Waals surface area contributed by atoms with Crippen LogP contribution in [0.2, 0.25) is 0 Å². The zero-order valence-corrected chi connectivity index (χ0v) is 19.7. The maximum Gasteiger partial charge on any atom is 0.317 e. The molecule has 0 spiro atoms. The van der Waals surface area contributed by atoms with Crippen LogP contribution in [0.25, 0.3) is 0 Å². The molecule has 200 valence electrons. The number of hydrogen-bond acceptors (Lipinski definition) is 9. The van der Waals surface area contributed by atoms with Gasteiger partial charge < -0.3 is 42.3 Å². The van der Waals surface area contributed by atoms with Crippen molar-refractivity contribution in [2.75, 3.05) is 25.4 Å². The van der Waals surface area contributed by atoms with Crippen molar-refractivity contribution in [2.24, 2.45) is 5.73 Å². The second kappa shape index (κ2) is 12.8. The molecule has 0 aliphatic carbocycles. The predicted molar refractivity (Wildman–Crippen MR) is 125 cm³/mol. The van der Waals surface area contributed by atoms with Crippen LogP contribution < -0.4 is 16.8 Å². The van der Waals surface area contributed by atoms with Crippen LogP contribution in [-0.4, -0.2) is 97.0 Å². The third-order valence-corrected chi connectivity index (χ3v) is 5.74. The Labute approximate surface area is 206 Å². The lowest BCUT2D eigenvalue weighted by molar-refractivity contribution is -0.159. The zero-order chi connectivity index (χ0) is 27.7. The number of carbonyl (C=O) groups is 5. The molecule has 14 nitrogen and oxygen atoms in total. The number of benzene rings is 1. The minimum atomic E-state index is -2.18. The molecule has 2 unspecified atom stereocenters. The van der Waals surface area contributed by atoms with E-state index in [1.807, 2.05) is 0 Å². The Balaban J connectivity index is 4.13. The summed E-state index contributed by atoms with van der Waals surface area (Å²) < 4.78 is 0. The van der Waals surface area contributed by atoms with Crippen LogP contribution >= 0.6 is 0 Å². The fourth-order valence-electron chi connectivity index (χ4n) is 4.39. The topological polar surface area (TPSA) is 254 Å². The Morgan fingerprint density at radius 1 is 0.833 bits per heavy atom. The van der Waals surface area contributed by atoms with E-state index in [9.17, 15) is 49.5 Å². The molecule has 10 N–H and O–H groups in total. The molecule has 0 saturated heterocycles. The molecule has 0 aliphatic rings. The molecular formula is C22H32N4O10. The Kier molecular flexibility index (Phi) is 10.8. The summed E-state index contributed by atoms with van der Waals surface area (Å²) in [7, 11) is 0. The highest BCUT2D eigenvalue weighted by molar-refractivity contribution is 5.78. The van der Waals surface area contributed by atoms with E-state index < -0.39 is 85.7 Å². The molecule has 0 heterocycles. The predicted octanol–water partition coefficient (Wildman–Crippen LogP) is -0.879. The van der Waals surface area contributed by atoms with Crippen molar-refractivity contribution in [3.63, 3.8) is 0 Å². The molecule has 0 aromatic heterocycles. The lowest BCUT2D eigenvalue weighted by atomic mass is 9.65. The maximum atomic E-state index is 12.2. The van der Waals surface area contributed by atoms with Gasteiger partial charge in [0.05, 0.1) is 43.4 Å². The maximum absolute atomic E-state index is 12.2. The minimum Gasteiger partial charge on any atom is -0.481 e. The summed E-state index contributed by atoms with van der Waals surface area (Å²) in [5.41, 5.74) is 7.86. The van der Waals surface area contributed by atoms with Crippen LogP contribution in [-0.2, 0) is 30.4 Å². The SMILES string of the molecule is CC(N)CNC(CC(=O)O)(CC(=O)O)C(CC(=O)O)(Cc1ccc(N)cc1)N(CC(=O)O)CC(=O)O. The van der Waals surface area contributed by atoms with Crippen molar-refractivity contribution in [1.82, 2.24) is 10.2 Å². The summed E-state index contributed by atoms with van der Waals surface area (Å²) >= 11 is 0. The van der Waals surface area contributed by atoms with Gasteiger partial charge in [0, 0.05) is 18.3 Å². The standard InChI is InChI=1S/C22H32N4O10/c1-13(23)10-25-21(7-16(27)28,8-17(29)30)22(9-18(31)32,6-14-2-4-15(24)5-3-14)26(11-19(33)34)12-20(35)36/h2-5,13,25H,6-12,23-24H2,1H3,(H,27,28)(H,29,30)(H,31,32)(H,33,34)(H,35,36). The lowest BCUT2D eigenvalue weighted by Crippen LogP contribution is -2.74. The van der Waals surface area contributed by atoms with Gasteiger partial charge in [0.2, 0.25) is 0 Å². The highest BCUT2D eigenvalue weighted by Gasteiger charge is 2.58. The number of rotatable bonds is 17. The summed E-state index contributed by atoms with van der Waals surface area (Å²) in [6, 6.07) is 5.22. The van der Waals surface area contributed by atoms with Crippen molar-refractivity contribution in [3.8, 4) is 0 Å². The second-order valence-electron chi connectivity index (χ2n) is 8.75. The Morgan fingerprint density at radius 2 is 1.28 bits per heavy atom. The van der Waals surface area contributed by atoms with Crippen LogP contribution in [0.1, 0.15) is 31.7 Å². The first-order valence-electron chi connectivity index (χ1n) is 10.8. The molecule has 1 rings (SSSR count). The van der Waals surface area contributed by atoms with Crippen molar-refractivity contribution >= 4 is 35.5 Å². The van der Waals surface area contributed by atoms with E-state index in [0.29, 0.717) is 11.3 Å². The zero-order valence-electron chi connectivity index (χ0n) is 19.7. The Morgan fingerprint density at radius 3 is 1.64 bits per heavy atom. The van der Waals surface area contributed by atoms with Gasteiger partial charge in [-0.25, -0.2) is 0 Å². The van der Waals surface area contributed by atoms with E-state index in [4.69, 9.17) is 11.5 Å². The summed E-state index contributed by atoms with van der Waals surface area (Å²) in [5, 5.41) is 51.4. The van der Waals surface area contributed by atoms with Gasteiger partial charge in [0.15, 0.2) is 0 Å². The molecule has 0 radical (unpaired) electrons. The fraction of sp³-hybridized carbons (Fsp3) is 0.500. The Bertz CT molecular complexity index is 934. The van der Waals surface area contributed by atoms with Gasteiger partial charge in [-0.05, 0) is 31.0 Å². The van der Waals surface area contributed by atoms with Crippen LogP contribution in [0.5, 0.6) is 0 Å². The second-order valence-corrected chi connectivity index (χ2v) is 8.75. The first-order valence-corrected chi connectivity index (χ1v) is 10.8. The molecule has 0 bridgehead atoms. The smallest absolute Gasteiger partial charge is 0.317 e. The number of nitrogens with two attached hydrogens (primary N) is 2. The molecule has 14 heteroatoms. The molecule has 0 fully saturated rings. The average molecular weight is 513 g/mol. The van der Waals surface area contributed by atoms with E-state index in [-0.39, 0.29) is 6.54 Å². The van der Waals surface area contributed by atoms with Crippen LogP contribution in [0.15, 0.2) is 24.3 Å². The van der Waals surface area contributed by atoms with Gasteiger partial charge >= 0.3 is 29.8 Å². The summed E-state index contributed by atoms with van der Waals surface area (Å²) in [6.07, 6.45) is -3.38. The van der Waals surface area contributed by atoms with Gasteiger partial charge in [-0.3, -0.25) is 28.9 Å². The highest BCUT2D eigenvalue weighted by Crippen LogP contribution is 2.41. The number of carboxylic acid groups (broad SMARTS) is 5. The molecular weight excluding hydrogens is 480 g/mol. The van der Waals surface area contributed by atoms with Gasteiger partial charge in [0.25, 0.3) is 0 Å². The van der Waals surface area contributed by atoms with E-state index in [2.05, 4.69) is 5.32 Å². The van der Waals surface area contributed by atoms with Crippen molar-refractivity contribution < 1.29 is 49.5 Å². The first-order chi connectivity index (χ1) is 16.6. The summed E-state index contributed by atoms with van der Waals surface area (Å²) in [6.45, 7) is -0.688. The number of nitrogens with one attached hydrogen (secondary N) is 1. The molecule has 0 saturated carbocycles. The average Bonchev–Trinajstić information content (AvgIpc) is 2.70. The minimum absolute atomic E-state index is 0.183. The lowest BCUT2D eigenvalue weighted by Gasteiger charge is -2.55. The summed E-state index contributed by atoms with van der Waals surface area (Å²) in [5.74, 6) is -7.64. The van der Waals surface area contributed by atoms with Crippen LogP contribution in [0, 0.1) is 0 Å². The third-order valence-electron chi connectivity index (χ3n) is 5.74. The van der Waals surface area contributed by atoms with E-state index in [1.165, 1.54) is 31.2 Å².